The van der Waals surface area contributed by atoms with Gasteiger partial charge in [-0.1, -0.05) is 37.6 Å². The Bertz CT molecular complexity index is 942. The lowest BCUT2D eigenvalue weighted by Gasteiger charge is -2.56. The molecule has 0 aromatic heterocycles. The Morgan fingerprint density at radius 2 is 1.71 bits per heavy atom. The minimum atomic E-state index is -0.202. The first kappa shape index (κ1) is 21.0. The summed E-state index contributed by atoms with van der Waals surface area (Å²) in [5.74, 6) is 2.09. The molecule has 0 unspecified atom stereocenters. The zero-order valence-electron chi connectivity index (χ0n) is 19.5. The number of anilines is 1. The Labute approximate surface area is 187 Å². The van der Waals surface area contributed by atoms with Gasteiger partial charge in [-0.05, 0) is 97.5 Å². The number of carbonyl (C=O) groups is 1. The Hall–Kier alpha value is -1.87. The Kier molecular flexibility index (Phi) is 4.97. The molecule has 3 fully saturated rings. The van der Waals surface area contributed by atoms with E-state index in [0.29, 0.717) is 23.5 Å². The zero-order valence-corrected chi connectivity index (χ0v) is 19.5. The Balaban J connectivity index is 1.44. The topological polar surface area (TPSA) is 40.5 Å². The third kappa shape index (κ3) is 3.23. The van der Waals surface area contributed by atoms with E-state index in [4.69, 9.17) is 0 Å². The first-order valence-corrected chi connectivity index (χ1v) is 12.1. The lowest BCUT2D eigenvalue weighted by atomic mass is 9.48. The molecule has 0 amide bonds. The summed E-state index contributed by atoms with van der Waals surface area (Å²) in [6.07, 6.45) is 11.5. The number of rotatable bonds is 2. The van der Waals surface area contributed by atoms with Gasteiger partial charge in [0.1, 0.15) is 0 Å². The second-order valence-corrected chi connectivity index (χ2v) is 11.3. The third-order valence-corrected chi connectivity index (χ3v) is 9.47. The van der Waals surface area contributed by atoms with Crippen molar-refractivity contribution < 1.29 is 9.90 Å². The first-order chi connectivity index (χ1) is 14.7. The molecule has 0 spiro atoms. The molecule has 166 valence electrons. The third-order valence-electron chi connectivity index (χ3n) is 9.47. The van der Waals surface area contributed by atoms with Crippen LogP contribution in [0.25, 0.3) is 6.08 Å². The van der Waals surface area contributed by atoms with E-state index in [1.165, 1.54) is 11.3 Å². The number of nitrogens with zero attached hydrogens (tertiary/aromatic N) is 1. The molecule has 4 aliphatic rings. The van der Waals surface area contributed by atoms with Crippen LogP contribution in [0.1, 0.15) is 64.4 Å². The summed E-state index contributed by atoms with van der Waals surface area (Å²) in [7, 11) is 4.10. The van der Waals surface area contributed by atoms with E-state index in [2.05, 4.69) is 55.2 Å². The van der Waals surface area contributed by atoms with Crippen molar-refractivity contribution >= 4 is 17.5 Å². The minimum Gasteiger partial charge on any atom is -0.393 e. The fourth-order valence-corrected chi connectivity index (χ4v) is 7.51. The van der Waals surface area contributed by atoms with Gasteiger partial charge in [-0.3, -0.25) is 4.79 Å². The van der Waals surface area contributed by atoms with Crippen LogP contribution in [0, 0.1) is 28.6 Å². The van der Waals surface area contributed by atoms with Crippen molar-refractivity contribution in [2.24, 2.45) is 28.6 Å². The Morgan fingerprint density at radius 1 is 1.00 bits per heavy atom. The number of ketones is 1. The number of Topliss-reactive ketones (excluding diaryl/α,β-unsaturated/α-hetero) is 1. The second kappa shape index (κ2) is 7.33. The van der Waals surface area contributed by atoms with Gasteiger partial charge in [-0.15, -0.1) is 0 Å². The Morgan fingerprint density at radius 3 is 2.42 bits per heavy atom. The SMILES string of the molecule is CN(C)c1ccc(C=C2C[C@H]3[C@@H]4CC=C5C[C@@H](O)CC[C@]5(C)[C@H]4CC[C@]3(C)C2=O)cc1. The van der Waals surface area contributed by atoms with Crippen molar-refractivity contribution in [1.82, 2.24) is 0 Å². The monoisotopic (exact) mass is 419 g/mol. The molecule has 4 aliphatic carbocycles. The molecular formula is C28H37NO2. The quantitative estimate of drug-likeness (QED) is 0.498. The molecule has 5 rings (SSSR count). The predicted octanol–water partition coefficient (Wildman–Crippen LogP) is 5.64. The fraction of sp³-hybridized carbons (Fsp3) is 0.607. The summed E-state index contributed by atoms with van der Waals surface area (Å²) >= 11 is 0. The molecule has 6 atom stereocenters. The van der Waals surface area contributed by atoms with Gasteiger partial charge in [0.15, 0.2) is 5.78 Å². The van der Waals surface area contributed by atoms with Crippen LogP contribution in [-0.2, 0) is 4.79 Å². The van der Waals surface area contributed by atoms with Gasteiger partial charge < -0.3 is 10.0 Å². The number of benzene rings is 1. The predicted molar refractivity (Wildman–Crippen MR) is 127 cm³/mol. The summed E-state index contributed by atoms with van der Waals surface area (Å²) in [5.41, 5.74) is 4.86. The van der Waals surface area contributed by atoms with E-state index in [-0.39, 0.29) is 16.9 Å². The molecule has 1 aromatic carbocycles. The number of allylic oxidation sites excluding steroid dienone is 2. The summed E-state index contributed by atoms with van der Waals surface area (Å²) in [4.78, 5) is 15.7. The maximum absolute atomic E-state index is 13.6. The van der Waals surface area contributed by atoms with Gasteiger partial charge in [-0.25, -0.2) is 0 Å². The van der Waals surface area contributed by atoms with Crippen molar-refractivity contribution in [3.63, 3.8) is 0 Å². The van der Waals surface area contributed by atoms with E-state index in [1.54, 1.807) is 0 Å². The molecule has 31 heavy (non-hydrogen) atoms. The van der Waals surface area contributed by atoms with Gasteiger partial charge in [0.25, 0.3) is 0 Å². The van der Waals surface area contributed by atoms with Crippen molar-refractivity contribution in [3.05, 3.63) is 47.1 Å². The lowest BCUT2D eigenvalue weighted by molar-refractivity contribution is -0.130. The van der Waals surface area contributed by atoms with Crippen molar-refractivity contribution in [1.29, 1.82) is 0 Å². The summed E-state index contributed by atoms with van der Waals surface area (Å²) in [5, 5.41) is 10.2. The molecule has 1 aromatic rings. The van der Waals surface area contributed by atoms with Crippen LogP contribution in [-0.4, -0.2) is 31.1 Å². The van der Waals surface area contributed by atoms with Crippen LogP contribution in [0.5, 0.6) is 0 Å². The van der Waals surface area contributed by atoms with Crippen LogP contribution in [0.3, 0.4) is 0 Å². The lowest BCUT2D eigenvalue weighted by Crippen LogP contribution is -2.50. The highest BCUT2D eigenvalue weighted by molar-refractivity contribution is 6.06. The molecule has 1 N–H and O–H groups in total. The number of aliphatic hydroxyl groups is 1. The molecular weight excluding hydrogens is 382 g/mol. The molecule has 3 nitrogen and oxygen atoms in total. The normalized spacial score (nSPS) is 40.7. The van der Waals surface area contributed by atoms with Gasteiger partial charge >= 0.3 is 0 Å². The molecule has 0 saturated heterocycles. The minimum absolute atomic E-state index is 0.161. The summed E-state index contributed by atoms with van der Waals surface area (Å²) < 4.78 is 0. The van der Waals surface area contributed by atoms with Crippen LogP contribution in [0.15, 0.2) is 41.5 Å². The van der Waals surface area contributed by atoms with E-state index >= 15 is 0 Å². The highest BCUT2D eigenvalue weighted by atomic mass is 16.3. The molecule has 0 heterocycles. The van der Waals surface area contributed by atoms with Gasteiger partial charge in [0.05, 0.1) is 6.10 Å². The second-order valence-electron chi connectivity index (χ2n) is 11.3. The molecule has 0 radical (unpaired) electrons. The molecule has 0 aliphatic heterocycles. The highest BCUT2D eigenvalue weighted by Crippen LogP contribution is 2.64. The number of fused-ring (bicyclic) bond motifs is 5. The number of carbonyl (C=O) groups excluding carboxylic acids is 1. The first-order valence-electron chi connectivity index (χ1n) is 12.1. The van der Waals surface area contributed by atoms with E-state index in [0.717, 1.165) is 56.1 Å². The number of aliphatic hydroxyl groups excluding tert-OH is 1. The highest BCUT2D eigenvalue weighted by Gasteiger charge is 2.59. The molecule has 3 heteroatoms. The average molecular weight is 420 g/mol. The van der Waals surface area contributed by atoms with Crippen LogP contribution < -0.4 is 4.90 Å². The average Bonchev–Trinajstić information content (AvgIpc) is 2.99. The van der Waals surface area contributed by atoms with Crippen LogP contribution >= 0.6 is 0 Å². The molecule has 3 saturated carbocycles. The van der Waals surface area contributed by atoms with Crippen molar-refractivity contribution in [2.75, 3.05) is 19.0 Å². The summed E-state index contributed by atoms with van der Waals surface area (Å²) in [6.45, 7) is 4.70. The smallest absolute Gasteiger partial charge is 0.165 e. The van der Waals surface area contributed by atoms with E-state index < -0.39 is 0 Å². The summed E-state index contributed by atoms with van der Waals surface area (Å²) in [6, 6.07) is 8.52. The van der Waals surface area contributed by atoms with Crippen molar-refractivity contribution in [3.8, 4) is 0 Å². The zero-order chi connectivity index (χ0) is 22.0. The van der Waals surface area contributed by atoms with Gasteiger partial charge in [-0.2, -0.15) is 0 Å². The van der Waals surface area contributed by atoms with Gasteiger partial charge in [0.2, 0.25) is 0 Å². The van der Waals surface area contributed by atoms with E-state index in [1.807, 2.05) is 14.1 Å². The fourth-order valence-electron chi connectivity index (χ4n) is 7.51. The van der Waals surface area contributed by atoms with Crippen molar-refractivity contribution in [2.45, 2.75) is 64.9 Å². The van der Waals surface area contributed by atoms with Crippen LogP contribution in [0.4, 0.5) is 5.69 Å². The number of hydrogen-bond donors (Lipinski definition) is 1. The maximum Gasteiger partial charge on any atom is 0.165 e. The molecule has 0 bridgehead atoms. The number of hydrogen-bond acceptors (Lipinski definition) is 3. The van der Waals surface area contributed by atoms with Gasteiger partial charge in [0, 0.05) is 25.2 Å². The maximum atomic E-state index is 13.6. The van der Waals surface area contributed by atoms with E-state index in [9.17, 15) is 9.90 Å². The largest absolute Gasteiger partial charge is 0.393 e. The van der Waals surface area contributed by atoms with Crippen LogP contribution in [0.2, 0.25) is 0 Å². The standard InChI is InChI=1S/C28H37NO2/c1-27-13-11-22(30)17-20(27)7-10-23-24(27)12-14-28(2)25(23)16-19(26(28)31)15-18-5-8-21(9-6-18)29(3)4/h5-9,15,22-25,30H,10-14,16-17H2,1-4H3/t22-,23+,24-,25-,27-,28-/m0/s1.